The van der Waals surface area contributed by atoms with Crippen molar-refractivity contribution in [1.82, 2.24) is 10.6 Å². The summed E-state index contributed by atoms with van der Waals surface area (Å²) in [5.74, 6) is -3.05. The highest BCUT2D eigenvalue weighted by atomic mass is 19.4. The van der Waals surface area contributed by atoms with Crippen LogP contribution in [0.15, 0.2) is 48.5 Å². The molecule has 12 heteroatoms. The van der Waals surface area contributed by atoms with E-state index in [0.29, 0.717) is 5.56 Å². The Morgan fingerprint density at radius 3 is 2.12 bits per heavy atom. The second-order valence-electron chi connectivity index (χ2n) is 11.0. The molecule has 0 aromatic heterocycles. The molecule has 1 unspecified atom stereocenters. The van der Waals surface area contributed by atoms with Crippen LogP contribution in [-0.2, 0) is 25.5 Å². The van der Waals surface area contributed by atoms with Crippen molar-refractivity contribution in [1.29, 1.82) is 0 Å². The van der Waals surface area contributed by atoms with Crippen LogP contribution in [0.1, 0.15) is 58.2 Å². The molecular weight excluding hydrogens is 546 g/mol. The summed E-state index contributed by atoms with van der Waals surface area (Å²) in [6.07, 6.45) is -5.83. The van der Waals surface area contributed by atoms with Gasteiger partial charge in [0.15, 0.2) is 6.61 Å². The first-order valence-corrected chi connectivity index (χ1v) is 13.1. The van der Waals surface area contributed by atoms with Gasteiger partial charge in [-0.2, -0.15) is 13.2 Å². The van der Waals surface area contributed by atoms with Crippen LogP contribution in [0.4, 0.5) is 17.6 Å². The minimum Gasteiger partial charge on any atom is -0.482 e. The van der Waals surface area contributed by atoms with Crippen molar-refractivity contribution in [3.05, 3.63) is 65.5 Å². The van der Waals surface area contributed by atoms with Gasteiger partial charge in [-0.15, -0.1) is 0 Å². The topological polar surface area (TPSA) is 120 Å². The third kappa shape index (κ3) is 12.2. The van der Waals surface area contributed by atoms with Gasteiger partial charge in [0.2, 0.25) is 11.8 Å². The Morgan fingerprint density at radius 1 is 0.951 bits per heavy atom. The van der Waals surface area contributed by atoms with E-state index in [2.05, 4.69) is 10.6 Å². The average Bonchev–Trinajstić information content (AvgIpc) is 2.84. The molecule has 0 saturated carbocycles. The molecule has 0 aliphatic heterocycles. The number of carbonyl (C=O) groups is 3. The summed E-state index contributed by atoms with van der Waals surface area (Å²) in [5.41, 5.74) is 6.00. The third-order valence-corrected chi connectivity index (χ3v) is 5.80. The summed E-state index contributed by atoms with van der Waals surface area (Å²) >= 11 is 0. The molecule has 2 rings (SSSR count). The van der Waals surface area contributed by atoms with Crippen LogP contribution in [0.3, 0.4) is 0 Å². The van der Waals surface area contributed by atoms with Crippen molar-refractivity contribution in [2.75, 3.05) is 6.61 Å². The Kier molecular flexibility index (Phi) is 11.7. The van der Waals surface area contributed by atoms with Gasteiger partial charge < -0.3 is 25.8 Å². The highest BCUT2D eigenvalue weighted by Gasteiger charge is 2.36. The van der Waals surface area contributed by atoms with E-state index >= 15 is 0 Å². The zero-order chi connectivity index (χ0) is 31.0. The second-order valence-corrected chi connectivity index (χ2v) is 11.0. The number of amides is 2. The van der Waals surface area contributed by atoms with E-state index in [9.17, 15) is 31.9 Å². The van der Waals surface area contributed by atoms with Gasteiger partial charge in [-0.05, 0) is 68.5 Å². The van der Waals surface area contributed by atoms with E-state index < -0.39 is 65.8 Å². The maximum Gasteiger partial charge on any atom is 0.391 e. The first-order chi connectivity index (χ1) is 18.9. The third-order valence-electron chi connectivity index (χ3n) is 5.80. The van der Waals surface area contributed by atoms with E-state index in [-0.39, 0.29) is 24.3 Å². The van der Waals surface area contributed by atoms with Crippen LogP contribution in [-0.4, -0.2) is 48.3 Å². The normalized spacial score (nSPS) is 14.1. The van der Waals surface area contributed by atoms with Crippen molar-refractivity contribution in [3.63, 3.8) is 0 Å². The van der Waals surface area contributed by atoms with E-state index in [4.69, 9.17) is 15.2 Å². The monoisotopic (exact) mass is 583 g/mol. The Labute approximate surface area is 237 Å². The fraction of sp³-hybridized carbons (Fsp3) is 0.483. The van der Waals surface area contributed by atoms with Gasteiger partial charge in [0, 0.05) is 6.04 Å². The molecule has 0 aliphatic carbocycles. The van der Waals surface area contributed by atoms with Gasteiger partial charge in [-0.1, -0.05) is 38.1 Å². The number of rotatable bonds is 12. The number of halogens is 4. The number of hydrogen-bond acceptors (Lipinski definition) is 6. The summed E-state index contributed by atoms with van der Waals surface area (Å²) < 4.78 is 63.6. The standard InChI is InChI=1S/C29H37F4N3O5/c1-17(2)23(15-29(31,32)33)35-27(39)25(36-26(38)22(34)14-18-7-6-8-20(30)13-18)19-9-11-21(12-10-19)40-16-24(37)41-28(3,4)5/h6-13,17,22-23,25H,14-16,34H2,1-5H3,(H,35,39)(H,36,38)/t22-,23+,25?/m0/s1. The van der Waals surface area contributed by atoms with E-state index in [1.165, 1.54) is 56.3 Å². The van der Waals surface area contributed by atoms with Crippen molar-refractivity contribution in [2.45, 2.75) is 77.4 Å². The van der Waals surface area contributed by atoms with Gasteiger partial charge in [-0.3, -0.25) is 9.59 Å². The van der Waals surface area contributed by atoms with Crippen LogP contribution in [0.2, 0.25) is 0 Å². The van der Waals surface area contributed by atoms with Gasteiger partial charge in [0.25, 0.3) is 0 Å². The number of nitrogens with two attached hydrogens (primary N) is 1. The number of nitrogens with one attached hydrogen (secondary N) is 2. The lowest BCUT2D eigenvalue weighted by Gasteiger charge is -2.27. The molecule has 2 amide bonds. The lowest BCUT2D eigenvalue weighted by Crippen LogP contribution is -2.50. The number of carbonyl (C=O) groups excluding carboxylic acids is 3. The molecular formula is C29H37F4N3O5. The molecule has 8 nitrogen and oxygen atoms in total. The molecule has 0 saturated heterocycles. The number of ether oxygens (including phenoxy) is 2. The maximum atomic E-state index is 13.6. The first kappa shape index (κ1) is 33.5. The predicted octanol–water partition coefficient (Wildman–Crippen LogP) is 4.37. The molecule has 226 valence electrons. The molecule has 0 aliphatic rings. The van der Waals surface area contributed by atoms with E-state index in [1.54, 1.807) is 26.8 Å². The fourth-order valence-electron chi connectivity index (χ4n) is 3.80. The lowest BCUT2D eigenvalue weighted by atomic mass is 9.98. The van der Waals surface area contributed by atoms with Crippen LogP contribution >= 0.6 is 0 Å². The van der Waals surface area contributed by atoms with Gasteiger partial charge in [0.1, 0.15) is 23.2 Å². The average molecular weight is 584 g/mol. The Bertz CT molecular complexity index is 1180. The Balaban J connectivity index is 2.24. The Morgan fingerprint density at radius 2 is 1.59 bits per heavy atom. The summed E-state index contributed by atoms with van der Waals surface area (Å²) in [4.78, 5) is 38.2. The smallest absolute Gasteiger partial charge is 0.391 e. The van der Waals surface area contributed by atoms with Crippen molar-refractivity contribution < 1.29 is 41.4 Å². The van der Waals surface area contributed by atoms with Crippen LogP contribution in [0.25, 0.3) is 0 Å². The molecule has 4 N–H and O–H groups in total. The predicted molar refractivity (Wildman–Crippen MR) is 144 cm³/mol. The van der Waals surface area contributed by atoms with Crippen molar-refractivity contribution in [3.8, 4) is 5.75 Å². The zero-order valence-electron chi connectivity index (χ0n) is 23.7. The molecule has 0 fully saturated rings. The van der Waals surface area contributed by atoms with Gasteiger partial charge >= 0.3 is 12.1 Å². The summed E-state index contributed by atoms with van der Waals surface area (Å²) in [5, 5.41) is 4.90. The maximum absolute atomic E-state index is 13.6. The molecule has 2 aromatic carbocycles. The van der Waals surface area contributed by atoms with E-state index in [0.717, 1.165) is 0 Å². The summed E-state index contributed by atoms with van der Waals surface area (Å²) in [6, 6.07) is 7.41. The number of alkyl halides is 3. The van der Waals surface area contributed by atoms with Gasteiger partial charge in [0.05, 0.1) is 12.5 Å². The highest BCUT2D eigenvalue weighted by molar-refractivity contribution is 5.90. The number of benzene rings is 2. The molecule has 41 heavy (non-hydrogen) atoms. The molecule has 0 radical (unpaired) electrons. The second kappa shape index (κ2) is 14.3. The molecule has 0 heterocycles. The largest absolute Gasteiger partial charge is 0.482 e. The fourth-order valence-corrected chi connectivity index (χ4v) is 3.80. The minimum atomic E-state index is -4.53. The SMILES string of the molecule is CC(C)[C@@H](CC(F)(F)F)NC(=O)C(NC(=O)[C@@H](N)Cc1cccc(F)c1)c1ccc(OCC(=O)OC(C)(C)C)cc1. The zero-order valence-corrected chi connectivity index (χ0v) is 23.7. The van der Waals surface area contributed by atoms with Crippen LogP contribution in [0, 0.1) is 11.7 Å². The number of esters is 1. The quantitative estimate of drug-likeness (QED) is 0.252. The molecule has 2 aromatic rings. The molecule has 0 spiro atoms. The molecule has 0 bridgehead atoms. The summed E-state index contributed by atoms with van der Waals surface area (Å²) in [6.45, 7) is 7.83. The van der Waals surface area contributed by atoms with Crippen molar-refractivity contribution in [2.24, 2.45) is 11.7 Å². The lowest BCUT2D eigenvalue weighted by molar-refractivity contribution is -0.157. The van der Waals surface area contributed by atoms with Crippen LogP contribution in [0.5, 0.6) is 5.75 Å². The van der Waals surface area contributed by atoms with Crippen molar-refractivity contribution >= 4 is 17.8 Å². The first-order valence-electron chi connectivity index (χ1n) is 13.1. The Hall–Kier alpha value is -3.67. The molecule has 3 atom stereocenters. The summed E-state index contributed by atoms with van der Waals surface area (Å²) in [7, 11) is 0. The van der Waals surface area contributed by atoms with Crippen LogP contribution < -0.4 is 21.1 Å². The number of hydrogen-bond donors (Lipinski definition) is 3. The van der Waals surface area contributed by atoms with Gasteiger partial charge in [-0.25, -0.2) is 9.18 Å². The highest BCUT2D eigenvalue weighted by Crippen LogP contribution is 2.26. The minimum absolute atomic E-state index is 0.0436. The van der Waals surface area contributed by atoms with E-state index in [1.807, 2.05) is 0 Å².